The average molecular weight is 338 g/mol. The van der Waals surface area contributed by atoms with E-state index >= 15 is 0 Å². The number of ether oxygens (including phenoxy) is 1. The highest BCUT2D eigenvalue weighted by Crippen LogP contribution is 2.22. The van der Waals surface area contributed by atoms with Crippen molar-refractivity contribution in [2.75, 3.05) is 0 Å². The van der Waals surface area contributed by atoms with Crippen molar-refractivity contribution in [3.05, 3.63) is 59.7 Å². The summed E-state index contributed by atoms with van der Waals surface area (Å²) in [5, 5.41) is 13.0. The summed E-state index contributed by atoms with van der Waals surface area (Å²) in [5.41, 5.74) is 3.40. The number of amides is 1. The number of hydrazone groups is 1. The smallest absolute Gasteiger partial charge is 0.508 e. The van der Waals surface area contributed by atoms with E-state index in [2.05, 4.69) is 15.3 Å². The molecule has 126 valence electrons. The second kappa shape index (κ2) is 7.49. The zero-order chi connectivity index (χ0) is 17.6. The predicted molar refractivity (Wildman–Crippen MR) is 80.7 cm³/mol. The molecule has 2 aromatic rings. The van der Waals surface area contributed by atoms with E-state index in [1.165, 1.54) is 30.5 Å². The van der Waals surface area contributed by atoms with Crippen LogP contribution in [0.2, 0.25) is 0 Å². The number of hydrogen-bond acceptors (Lipinski definition) is 4. The summed E-state index contributed by atoms with van der Waals surface area (Å²) in [6, 6.07) is 11.3. The van der Waals surface area contributed by atoms with Crippen LogP contribution >= 0.6 is 0 Å². The lowest BCUT2D eigenvalue weighted by Crippen LogP contribution is -2.19. The number of rotatable bonds is 5. The number of phenols is 1. The van der Waals surface area contributed by atoms with E-state index in [1.54, 1.807) is 12.1 Å². The lowest BCUT2D eigenvalue weighted by atomic mass is 10.1. The maximum atomic E-state index is 12.0. The standard InChI is InChI=1S/C16H13F3N2O3/c17-16(18,19)24-14-6-4-11(5-7-14)10-20-21-15(23)9-12-2-1-3-13(22)8-12/h1-8,10,22H,9H2,(H,21,23). The third-order valence-corrected chi connectivity index (χ3v) is 2.79. The van der Waals surface area contributed by atoms with Crippen LogP contribution in [0.1, 0.15) is 11.1 Å². The van der Waals surface area contributed by atoms with Crippen molar-refractivity contribution in [3.63, 3.8) is 0 Å². The van der Waals surface area contributed by atoms with E-state index in [0.29, 0.717) is 11.1 Å². The lowest BCUT2D eigenvalue weighted by Gasteiger charge is -2.08. The maximum Gasteiger partial charge on any atom is 0.573 e. The summed E-state index contributed by atoms with van der Waals surface area (Å²) in [4.78, 5) is 11.7. The molecular weight excluding hydrogens is 325 g/mol. The molecule has 2 N–H and O–H groups in total. The second-order valence-electron chi connectivity index (χ2n) is 4.76. The molecule has 0 aliphatic rings. The monoisotopic (exact) mass is 338 g/mol. The van der Waals surface area contributed by atoms with Crippen molar-refractivity contribution in [2.45, 2.75) is 12.8 Å². The van der Waals surface area contributed by atoms with E-state index in [-0.39, 0.29) is 17.9 Å². The van der Waals surface area contributed by atoms with Gasteiger partial charge in [-0.2, -0.15) is 5.10 Å². The van der Waals surface area contributed by atoms with Gasteiger partial charge < -0.3 is 9.84 Å². The summed E-state index contributed by atoms with van der Waals surface area (Å²) in [5.74, 6) is -0.675. The van der Waals surface area contributed by atoms with Gasteiger partial charge in [0, 0.05) is 0 Å². The molecule has 0 aliphatic carbocycles. The third kappa shape index (κ3) is 5.99. The Kier molecular flexibility index (Phi) is 5.41. The number of halogens is 3. The first kappa shape index (κ1) is 17.3. The Morgan fingerprint density at radius 3 is 2.54 bits per heavy atom. The van der Waals surface area contributed by atoms with Crippen molar-refractivity contribution in [1.29, 1.82) is 0 Å². The van der Waals surface area contributed by atoms with Gasteiger partial charge in [-0.3, -0.25) is 4.79 Å². The molecule has 0 bridgehead atoms. The van der Waals surface area contributed by atoms with Gasteiger partial charge in [0.1, 0.15) is 11.5 Å². The van der Waals surface area contributed by atoms with Crippen molar-refractivity contribution in [1.82, 2.24) is 5.43 Å². The molecule has 0 atom stereocenters. The summed E-state index contributed by atoms with van der Waals surface area (Å²) < 4.78 is 39.8. The minimum atomic E-state index is -4.74. The van der Waals surface area contributed by atoms with Crippen LogP contribution in [0, 0.1) is 0 Å². The molecule has 24 heavy (non-hydrogen) atoms. The third-order valence-electron chi connectivity index (χ3n) is 2.79. The summed E-state index contributed by atoms with van der Waals surface area (Å²) in [7, 11) is 0. The zero-order valence-electron chi connectivity index (χ0n) is 12.2. The van der Waals surface area contributed by atoms with Crippen LogP contribution in [0.15, 0.2) is 53.6 Å². The van der Waals surface area contributed by atoms with Gasteiger partial charge >= 0.3 is 6.36 Å². The van der Waals surface area contributed by atoms with Crippen molar-refractivity contribution in [2.24, 2.45) is 5.10 Å². The summed E-state index contributed by atoms with van der Waals surface area (Å²) in [6.07, 6.45) is -3.42. The SMILES string of the molecule is O=C(Cc1cccc(O)c1)NN=Cc1ccc(OC(F)(F)F)cc1. The Hall–Kier alpha value is -3.03. The van der Waals surface area contributed by atoms with Gasteiger partial charge in [-0.1, -0.05) is 12.1 Å². The van der Waals surface area contributed by atoms with Crippen molar-refractivity contribution >= 4 is 12.1 Å². The average Bonchev–Trinajstić information content (AvgIpc) is 2.47. The highest BCUT2D eigenvalue weighted by Gasteiger charge is 2.30. The molecule has 0 spiro atoms. The van der Waals surface area contributed by atoms with Crippen LogP contribution in [0.3, 0.4) is 0 Å². The molecule has 0 fully saturated rings. The first-order valence-corrected chi connectivity index (χ1v) is 6.77. The molecule has 0 saturated carbocycles. The van der Waals surface area contributed by atoms with Gasteiger partial charge in [0.25, 0.3) is 0 Å². The summed E-state index contributed by atoms with van der Waals surface area (Å²) >= 11 is 0. The normalized spacial score (nSPS) is 11.5. The van der Waals surface area contributed by atoms with Crippen LogP contribution in [-0.4, -0.2) is 23.6 Å². The maximum absolute atomic E-state index is 12.0. The number of carbonyl (C=O) groups excluding carboxylic acids is 1. The van der Waals surface area contributed by atoms with Crippen LogP contribution in [0.4, 0.5) is 13.2 Å². The van der Waals surface area contributed by atoms with E-state index in [1.807, 2.05) is 0 Å². The summed E-state index contributed by atoms with van der Waals surface area (Å²) in [6.45, 7) is 0. The molecule has 0 unspecified atom stereocenters. The highest BCUT2D eigenvalue weighted by atomic mass is 19.4. The fourth-order valence-corrected chi connectivity index (χ4v) is 1.83. The van der Waals surface area contributed by atoms with E-state index in [9.17, 15) is 23.1 Å². The molecule has 0 radical (unpaired) electrons. The van der Waals surface area contributed by atoms with Crippen LogP contribution < -0.4 is 10.2 Å². The second-order valence-corrected chi connectivity index (χ2v) is 4.76. The molecule has 0 saturated heterocycles. The fraction of sp³-hybridized carbons (Fsp3) is 0.125. The zero-order valence-corrected chi connectivity index (χ0v) is 12.2. The number of phenolic OH excluding ortho intramolecular Hbond substituents is 1. The minimum Gasteiger partial charge on any atom is -0.508 e. The van der Waals surface area contributed by atoms with Gasteiger partial charge in [-0.25, -0.2) is 5.43 Å². The lowest BCUT2D eigenvalue weighted by molar-refractivity contribution is -0.274. The van der Waals surface area contributed by atoms with Gasteiger partial charge in [0.05, 0.1) is 12.6 Å². The first-order chi connectivity index (χ1) is 11.3. The highest BCUT2D eigenvalue weighted by molar-refractivity contribution is 5.83. The molecule has 2 aromatic carbocycles. The van der Waals surface area contributed by atoms with Gasteiger partial charge in [0.15, 0.2) is 0 Å². The minimum absolute atomic E-state index is 0.0318. The molecule has 1 amide bonds. The Morgan fingerprint density at radius 2 is 1.92 bits per heavy atom. The van der Waals surface area contributed by atoms with E-state index in [4.69, 9.17) is 0 Å². The number of nitrogens with one attached hydrogen (secondary N) is 1. The molecular formula is C16H13F3N2O3. The molecule has 0 aliphatic heterocycles. The molecule has 0 heterocycles. The first-order valence-electron chi connectivity index (χ1n) is 6.77. The number of alkyl halides is 3. The number of nitrogens with zero attached hydrogens (tertiary/aromatic N) is 1. The molecule has 2 rings (SSSR count). The number of aromatic hydroxyl groups is 1. The molecule has 0 aromatic heterocycles. The predicted octanol–water partition coefficient (Wildman–Crippen LogP) is 2.98. The van der Waals surface area contributed by atoms with Gasteiger partial charge in [0.2, 0.25) is 5.91 Å². The number of hydrogen-bond donors (Lipinski definition) is 2. The molecule has 5 nitrogen and oxygen atoms in total. The topological polar surface area (TPSA) is 70.9 Å². The van der Waals surface area contributed by atoms with E-state index in [0.717, 1.165) is 12.1 Å². The quantitative estimate of drug-likeness (QED) is 0.650. The molecule has 8 heteroatoms. The Labute approximate surface area is 135 Å². The Morgan fingerprint density at radius 1 is 1.21 bits per heavy atom. The fourth-order valence-electron chi connectivity index (χ4n) is 1.83. The van der Waals surface area contributed by atoms with Crippen molar-refractivity contribution < 1.29 is 27.8 Å². The number of benzene rings is 2. The number of carbonyl (C=O) groups is 1. The Balaban J connectivity index is 1.86. The Bertz CT molecular complexity index is 728. The van der Waals surface area contributed by atoms with Gasteiger partial charge in [-0.05, 0) is 47.5 Å². The largest absolute Gasteiger partial charge is 0.573 e. The van der Waals surface area contributed by atoms with Crippen LogP contribution in [0.5, 0.6) is 11.5 Å². The van der Waals surface area contributed by atoms with E-state index < -0.39 is 12.3 Å². The van der Waals surface area contributed by atoms with Gasteiger partial charge in [-0.15, -0.1) is 13.2 Å². The van der Waals surface area contributed by atoms with Crippen LogP contribution in [0.25, 0.3) is 0 Å². The van der Waals surface area contributed by atoms with Crippen LogP contribution in [-0.2, 0) is 11.2 Å². The van der Waals surface area contributed by atoms with Crippen molar-refractivity contribution in [3.8, 4) is 11.5 Å².